The Kier molecular flexibility index (Phi) is 2.75. The predicted octanol–water partition coefficient (Wildman–Crippen LogP) is 0.211. The van der Waals surface area contributed by atoms with Gasteiger partial charge in [0.15, 0.2) is 5.16 Å². The number of rotatable bonds is 2. The van der Waals surface area contributed by atoms with Gasteiger partial charge in [-0.05, 0) is 16.8 Å². The fourth-order valence-electron chi connectivity index (χ4n) is 0.602. The monoisotopic (exact) mass is 197 g/mol. The third kappa shape index (κ3) is 2.56. The highest BCUT2D eigenvalue weighted by atomic mass is 16.6. The molecule has 1 rings (SSSR count). The van der Waals surface area contributed by atoms with E-state index in [0.29, 0.717) is 0 Å². The van der Waals surface area contributed by atoms with Crippen molar-refractivity contribution >= 4 is 5.82 Å². The molecule has 0 aromatic carbocycles. The lowest BCUT2D eigenvalue weighted by Gasteiger charge is -1.79. The summed E-state index contributed by atoms with van der Waals surface area (Å²) in [7, 11) is 0. The minimum Gasteiger partial charge on any atom is -0.358 e. The van der Waals surface area contributed by atoms with Crippen LogP contribution in [0.15, 0.2) is 10.6 Å². The second-order valence-electron chi connectivity index (χ2n) is 2.10. The Bertz CT molecular complexity index is 426. The standard InChI is InChI=1S/C6H3N3O5/c10-8(11)3-1-2-5-4-6(7-14-5)9(12)13/h4H,3H2. The highest BCUT2D eigenvalue weighted by molar-refractivity contribution is 5.30. The molecule has 8 heteroatoms. The molecule has 1 aromatic rings. The summed E-state index contributed by atoms with van der Waals surface area (Å²) in [6.45, 7) is -0.547. The van der Waals surface area contributed by atoms with Crippen LogP contribution in [0, 0.1) is 32.1 Å². The minimum absolute atomic E-state index is 0.0708. The summed E-state index contributed by atoms with van der Waals surface area (Å²) in [6, 6.07) is 0.993. The lowest BCUT2D eigenvalue weighted by atomic mass is 10.4. The topological polar surface area (TPSA) is 112 Å². The van der Waals surface area contributed by atoms with Gasteiger partial charge in [0.2, 0.25) is 5.76 Å². The molecule has 0 N–H and O–H groups in total. The van der Waals surface area contributed by atoms with Gasteiger partial charge in [-0.2, -0.15) is 0 Å². The van der Waals surface area contributed by atoms with Gasteiger partial charge in [-0.15, -0.1) is 0 Å². The van der Waals surface area contributed by atoms with E-state index >= 15 is 0 Å². The molecule has 8 nitrogen and oxygen atoms in total. The highest BCUT2D eigenvalue weighted by Gasteiger charge is 2.12. The van der Waals surface area contributed by atoms with Gasteiger partial charge in [-0.1, -0.05) is 0 Å². The molecule has 0 unspecified atom stereocenters. The molecule has 0 saturated heterocycles. The van der Waals surface area contributed by atoms with Crippen LogP contribution >= 0.6 is 0 Å². The number of hydrogen-bond donors (Lipinski definition) is 0. The molecule has 0 aliphatic carbocycles. The normalized spacial score (nSPS) is 8.86. The van der Waals surface area contributed by atoms with Gasteiger partial charge < -0.3 is 10.1 Å². The van der Waals surface area contributed by atoms with Crippen molar-refractivity contribution in [2.75, 3.05) is 6.54 Å². The van der Waals surface area contributed by atoms with Crippen LogP contribution in [-0.4, -0.2) is 21.5 Å². The van der Waals surface area contributed by atoms with Crippen molar-refractivity contribution in [3.63, 3.8) is 0 Å². The zero-order valence-electron chi connectivity index (χ0n) is 6.67. The molecule has 0 bridgehead atoms. The minimum atomic E-state index is -0.748. The molecular formula is C6H3N3O5. The van der Waals surface area contributed by atoms with Crippen LogP contribution in [0.1, 0.15) is 5.76 Å². The summed E-state index contributed by atoms with van der Waals surface area (Å²) < 4.78 is 4.42. The molecule has 72 valence electrons. The molecule has 0 aliphatic heterocycles. The SMILES string of the molecule is O=[N+]([O-])CC#Cc1cc([N+](=O)[O-])no1. The van der Waals surface area contributed by atoms with E-state index in [9.17, 15) is 20.2 Å². The molecule has 0 atom stereocenters. The van der Waals surface area contributed by atoms with Gasteiger partial charge in [0.25, 0.3) is 6.54 Å². The summed E-state index contributed by atoms with van der Waals surface area (Å²) in [4.78, 5) is 18.6. The quantitative estimate of drug-likeness (QED) is 0.380. The predicted molar refractivity (Wildman–Crippen MR) is 41.9 cm³/mol. The van der Waals surface area contributed by atoms with Gasteiger partial charge in [0.1, 0.15) is 0 Å². The Morgan fingerprint density at radius 3 is 2.71 bits per heavy atom. The van der Waals surface area contributed by atoms with E-state index < -0.39 is 22.2 Å². The van der Waals surface area contributed by atoms with Gasteiger partial charge >= 0.3 is 5.82 Å². The van der Waals surface area contributed by atoms with E-state index in [1.165, 1.54) is 0 Å². The number of hydrogen-bond acceptors (Lipinski definition) is 6. The average Bonchev–Trinajstić information content (AvgIpc) is 2.52. The fourth-order valence-corrected chi connectivity index (χ4v) is 0.602. The summed E-state index contributed by atoms with van der Waals surface area (Å²) in [5, 5.41) is 23.0. The van der Waals surface area contributed by atoms with Gasteiger partial charge in [0.05, 0.1) is 6.07 Å². The molecule has 0 aliphatic rings. The molecule has 0 radical (unpaired) electrons. The van der Waals surface area contributed by atoms with E-state index in [2.05, 4.69) is 21.5 Å². The van der Waals surface area contributed by atoms with Crippen LogP contribution in [0.2, 0.25) is 0 Å². The van der Waals surface area contributed by atoms with E-state index in [-0.39, 0.29) is 5.76 Å². The third-order valence-electron chi connectivity index (χ3n) is 1.10. The molecule has 14 heavy (non-hydrogen) atoms. The largest absolute Gasteiger partial charge is 0.414 e. The molecule has 1 heterocycles. The Morgan fingerprint density at radius 2 is 2.21 bits per heavy atom. The molecule has 0 spiro atoms. The first kappa shape index (κ1) is 9.66. The smallest absolute Gasteiger partial charge is 0.358 e. The molecule has 0 fully saturated rings. The summed E-state index contributed by atoms with van der Waals surface area (Å²) >= 11 is 0. The van der Waals surface area contributed by atoms with Crippen molar-refractivity contribution in [3.05, 3.63) is 32.1 Å². The van der Waals surface area contributed by atoms with Crippen molar-refractivity contribution in [2.24, 2.45) is 0 Å². The van der Waals surface area contributed by atoms with Crippen LogP contribution in [0.3, 0.4) is 0 Å². The zero-order valence-corrected chi connectivity index (χ0v) is 6.67. The average molecular weight is 197 g/mol. The first-order valence-electron chi connectivity index (χ1n) is 3.31. The summed E-state index contributed by atoms with van der Waals surface area (Å²) in [6.07, 6.45) is 0. The zero-order chi connectivity index (χ0) is 10.6. The first-order valence-corrected chi connectivity index (χ1v) is 3.31. The van der Waals surface area contributed by atoms with Crippen LogP contribution in [0.25, 0.3) is 0 Å². The fraction of sp³-hybridized carbons (Fsp3) is 0.167. The van der Waals surface area contributed by atoms with Crippen LogP contribution in [-0.2, 0) is 0 Å². The molecule has 1 aromatic heterocycles. The maximum Gasteiger partial charge on any atom is 0.414 e. The van der Waals surface area contributed by atoms with E-state index in [1.807, 2.05) is 0 Å². The van der Waals surface area contributed by atoms with Crippen LogP contribution in [0.4, 0.5) is 5.82 Å². The second-order valence-corrected chi connectivity index (χ2v) is 2.10. The maximum atomic E-state index is 10.1. The van der Waals surface area contributed by atoms with Crippen LogP contribution < -0.4 is 0 Å². The van der Waals surface area contributed by atoms with Gasteiger partial charge in [-0.25, -0.2) is 4.52 Å². The van der Waals surface area contributed by atoms with E-state index in [4.69, 9.17) is 0 Å². The third-order valence-corrected chi connectivity index (χ3v) is 1.10. The molecule has 0 amide bonds. The number of nitrogens with zero attached hydrogens (tertiary/aromatic N) is 3. The van der Waals surface area contributed by atoms with E-state index in [1.54, 1.807) is 0 Å². The Hall–Kier alpha value is -2.43. The first-order chi connectivity index (χ1) is 6.59. The summed E-state index contributed by atoms with van der Waals surface area (Å²) in [5.41, 5.74) is 0. The highest BCUT2D eigenvalue weighted by Crippen LogP contribution is 2.09. The maximum absolute atomic E-state index is 10.1. The van der Waals surface area contributed by atoms with Gasteiger partial charge in [-0.3, -0.25) is 10.1 Å². The Morgan fingerprint density at radius 1 is 1.50 bits per heavy atom. The summed E-state index contributed by atoms with van der Waals surface area (Å²) in [5.74, 6) is 3.83. The van der Waals surface area contributed by atoms with E-state index in [0.717, 1.165) is 6.07 Å². The lowest BCUT2D eigenvalue weighted by molar-refractivity contribution is -0.466. The lowest BCUT2D eigenvalue weighted by Crippen LogP contribution is -1.96. The molecule has 0 saturated carbocycles. The van der Waals surface area contributed by atoms with Crippen LogP contribution in [0.5, 0.6) is 0 Å². The van der Waals surface area contributed by atoms with Crippen molar-refractivity contribution < 1.29 is 14.4 Å². The molecular weight excluding hydrogens is 194 g/mol. The van der Waals surface area contributed by atoms with Crippen molar-refractivity contribution in [2.45, 2.75) is 0 Å². The van der Waals surface area contributed by atoms with Gasteiger partial charge in [0, 0.05) is 4.92 Å². The van der Waals surface area contributed by atoms with Crippen molar-refractivity contribution in [1.82, 2.24) is 5.16 Å². The second kappa shape index (κ2) is 3.99. The number of aromatic nitrogens is 1. The number of nitro groups is 2. The Labute approximate surface area is 76.8 Å². The van der Waals surface area contributed by atoms with Crippen molar-refractivity contribution in [1.29, 1.82) is 0 Å². The Balaban J connectivity index is 2.71. The van der Waals surface area contributed by atoms with Crippen molar-refractivity contribution in [3.8, 4) is 11.8 Å².